The van der Waals surface area contributed by atoms with Crippen LogP contribution in [0.4, 0.5) is 5.69 Å². The number of carbonyl (C=O) groups is 2. The van der Waals surface area contributed by atoms with Crippen molar-refractivity contribution < 1.29 is 14.7 Å². The molecule has 0 aliphatic carbocycles. The molecule has 92 valence electrons. The lowest BCUT2D eigenvalue weighted by molar-refractivity contribution is -0.107. The van der Waals surface area contributed by atoms with E-state index < -0.39 is 0 Å². The fourth-order valence-corrected chi connectivity index (χ4v) is 1.65. The van der Waals surface area contributed by atoms with Gasteiger partial charge in [-0.25, -0.2) is 0 Å². The number of rotatable bonds is 5. The average molecular weight is 244 g/mol. The van der Waals surface area contributed by atoms with Crippen LogP contribution in [0.2, 0.25) is 0 Å². The maximum absolute atomic E-state index is 10.6. The number of H-pyrrole nitrogens is 1. The van der Waals surface area contributed by atoms with Crippen molar-refractivity contribution in [2.24, 2.45) is 0 Å². The molecule has 2 aromatic rings. The molecule has 0 aliphatic rings. The Morgan fingerprint density at radius 1 is 1.33 bits per heavy atom. The Labute approximate surface area is 103 Å². The van der Waals surface area contributed by atoms with Gasteiger partial charge < -0.3 is 15.4 Å². The maximum Gasteiger partial charge on any atom is 0.184 e. The zero-order valence-corrected chi connectivity index (χ0v) is 9.51. The molecule has 0 saturated carbocycles. The molecular formula is C13H12N2O3. The number of carbonyl (C=O) groups excluding carboxylic acids is 2. The lowest BCUT2D eigenvalue weighted by atomic mass is 10.2. The van der Waals surface area contributed by atoms with Crippen molar-refractivity contribution >= 4 is 29.2 Å². The Morgan fingerprint density at radius 3 is 2.89 bits per heavy atom. The number of nitrogens with one attached hydrogen (secondary N) is 2. The Bertz CT molecular complexity index is 614. The van der Waals surface area contributed by atoms with Crippen LogP contribution in [0.15, 0.2) is 36.1 Å². The molecule has 0 fully saturated rings. The molecule has 0 atom stereocenters. The van der Waals surface area contributed by atoms with Crippen LogP contribution in [0.1, 0.15) is 10.5 Å². The van der Waals surface area contributed by atoms with E-state index in [1.807, 2.05) is 18.2 Å². The van der Waals surface area contributed by atoms with E-state index in [1.54, 1.807) is 6.07 Å². The molecule has 1 aromatic carbocycles. The highest BCUT2D eigenvalue weighted by Gasteiger charge is 2.00. The standard InChI is InChI=1S/C13H12N2O3/c16-7-11-6-9-5-10(1-2-13(9)15-11)14-4-3-12(18)8-17/h1-3,5-8,14-15,18H,4H2/b12-3+. The summed E-state index contributed by atoms with van der Waals surface area (Å²) < 4.78 is 0. The van der Waals surface area contributed by atoms with Crippen molar-refractivity contribution in [2.75, 3.05) is 11.9 Å². The molecule has 0 amide bonds. The molecule has 2 rings (SSSR count). The van der Waals surface area contributed by atoms with Crippen LogP contribution in [-0.2, 0) is 4.79 Å². The first-order chi connectivity index (χ1) is 8.72. The predicted octanol–water partition coefficient (Wildman–Crippen LogP) is 2.03. The zero-order chi connectivity index (χ0) is 13.0. The number of benzene rings is 1. The van der Waals surface area contributed by atoms with Crippen molar-refractivity contribution in [1.82, 2.24) is 4.98 Å². The first-order valence-corrected chi connectivity index (χ1v) is 5.39. The van der Waals surface area contributed by atoms with Gasteiger partial charge in [0.2, 0.25) is 0 Å². The van der Waals surface area contributed by atoms with Crippen molar-refractivity contribution in [1.29, 1.82) is 0 Å². The number of hydrogen-bond donors (Lipinski definition) is 3. The third-order valence-electron chi connectivity index (χ3n) is 2.51. The van der Waals surface area contributed by atoms with E-state index >= 15 is 0 Å². The minimum absolute atomic E-state index is 0.298. The quantitative estimate of drug-likeness (QED) is 0.427. The minimum atomic E-state index is -0.298. The molecule has 0 unspecified atom stereocenters. The van der Waals surface area contributed by atoms with Crippen molar-refractivity contribution in [3.8, 4) is 0 Å². The molecule has 18 heavy (non-hydrogen) atoms. The van der Waals surface area contributed by atoms with Gasteiger partial charge in [-0.05, 0) is 30.3 Å². The summed E-state index contributed by atoms with van der Waals surface area (Å²) in [5.74, 6) is -0.298. The third-order valence-corrected chi connectivity index (χ3v) is 2.51. The topological polar surface area (TPSA) is 82.2 Å². The van der Waals surface area contributed by atoms with Crippen LogP contribution in [0.3, 0.4) is 0 Å². The number of hydrogen-bond acceptors (Lipinski definition) is 4. The number of allylic oxidation sites excluding steroid dienone is 1. The SMILES string of the molecule is O=C/C(O)=C\CNc1ccc2[nH]c(C=O)cc2c1. The molecule has 0 radical (unpaired) electrons. The van der Waals surface area contributed by atoms with Crippen LogP contribution >= 0.6 is 0 Å². The van der Waals surface area contributed by atoms with Crippen molar-refractivity contribution in [3.63, 3.8) is 0 Å². The van der Waals surface area contributed by atoms with Gasteiger partial charge in [-0.3, -0.25) is 9.59 Å². The van der Waals surface area contributed by atoms with Gasteiger partial charge in [0.15, 0.2) is 18.3 Å². The first kappa shape index (κ1) is 11.9. The minimum Gasteiger partial charge on any atom is -0.505 e. The van der Waals surface area contributed by atoms with Crippen molar-refractivity contribution in [2.45, 2.75) is 0 Å². The van der Waals surface area contributed by atoms with Crippen LogP contribution in [0, 0.1) is 0 Å². The van der Waals surface area contributed by atoms with Gasteiger partial charge >= 0.3 is 0 Å². The summed E-state index contributed by atoms with van der Waals surface area (Å²) in [7, 11) is 0. The van der Waals surface area contributed by atoms with Gasteiger partial charge in [0.25, 0.3) is 0 Å². The highest BCUT2D eigenvalue weighted by molar-refractivity contribution is 5.89. The fourth-order valence-electron chi connectivity index (χ4n) is 1.65. The number of aliphatic hydroxyl groups is 1. The summed E-state index contributed by atoms with van der Waals surface area (Å²) in [5.41, 5.74) is 2.25. The Balaban J connectivity index is 2.14. The Kier molecular flexibility index (Phi) is 3.43. The van der Waals surface area contributed by atoms with E-state index in [9.17, 15) is 9.59 Å². The van der Waals surface area contributed by atoms with Gasteiger partial charge in [-0.15, -0.1) is 0 Å². The number of aldehydes is 2. The maximum atomic E-state index is 10.6. The zero-order valence-electron chi connectivity index (χ0n) is 9.51. The van der Waals surface area contributed by atoms with E-state index in [-0.39, 0.29) is 5.76 Å². The molecule has 5 nitrogen and oxygen atoms in total. The van der Waals surface area contributed by atoms with Crippen LogP contribution < -0.4 is 5.32 Å². The highest BCUT2D eigenvalue weighted by atomic mass is 16.3. The van der Waals surface area contributed by atoms with Crippen LogP contribution in [0.25, 0.3) is 10.9 Å². The van der Waals surface area contributed by atoms with Crippen molar-refractivity contribution in [3.05, 3.63) is 41.8 Å². The summed E-state index contributed by atoms with van der Waals surface area (Å²) in [6.07, 6.45) is 2.52. The van der Waals surface area contributed by atoms with Gasteiger partial charge in [0.1, 0.15) is 0 Å². The lowest BCUT2D eigenvalue weighted by Gasteiger charge is -2.03. The summed E-state index contributed by atoms with van der Waals surface area (Å²) >= 11 is 0. The second-order valence-corrected chi connectivity index (χ2v) is 3.77. The second-order valence-electron chi connectivity index (χ2n) is 3.77. The molecule has 0 bridgehead atoms. The average Bonchev–Trinajstić information content (AvgIpc) is 2.80. The predicted molar refractivity (Wildman–Crippen MR) is 69.0 cm³/mol. The molecule has 1 heterocycles. The van der Waals surface area contributed by atoms with E-state index in [1.165, 1.54) is 6.08 Å². The molecule has 5 heteroatoms. The molecule has 1 aromatic heterocycles. The largest absolute Gasteiger partial charge is 0.505 e. The number of aliphatic hydroxyl groups excluding tert-OH is 1. The van der Waals surface area contributed by atoms with Gasteiger partial charge in [0.05, 0.1) is 5.69 Å². The van der Waals surface area contributed by atoms with Gasteiger partial charge in [0, 0.05) is 23.1 Å². The molecule has 0 aliphatic heterocycles. The monoisotopic (exact) mass is 244 g/mol. The summed E-state index contributed by atoms with van der Waals surface area (Å²) in [5, 5.41) is 12.9. The normalized spacial score (nSPS) is 11.4. The lowest BCUT2D eigenvalue weighted by Crippen LogP contribution is -1.99. The van der Waals surface area contributed by atoms with Crippen LogP contribution in [0.5, 0.6) is 0 Å². The van der Waals surface area contributed by atoms with E-state index in [0.717, 1.165) is 22.9 Å². The molecular weight excluding hydrogens is 232 g/mol. The third kappa shape index (κ3) is 2.57. The highest BCUT2D eigenvalue weighted by Crippen LogP contribution is 2.19. The summed E-state index contributed by atoms with van der Waals surface area (Å²) in [4.78, 5) is 23.8. The number of anilines is 1. The van der Waals surface area contributed by atoms with Gasteiger partial charge in [-0.1, -0.05) is 0 Å². The first-order valence-electron chi connectivity index (χ1n) is 5.39. The fraction of sp³-hybridized carbons (Fsp3) is 0.0769. The second kappa shape index (κ2) is 5.18. The van der Waals surface area contributed by atoms with E-state index in [2.05, 4.69) is 10.3 Å². The van der Waals surface area contributed by atoms with E-state index in [4.69, 9.17) is 5.11 Å². The molecule has 0 spiro atoms. The van der Waals surface area contributed by atoms with E-state index in [0.29, 0.717) is 18.5 Å². The molecule has 3 N–H and O–H groups in total. The summed E-state index contributed by atoms with van der Waals surface area (Å²) in [6.45, 7) is 0.348. The smallest absolute Gasteiger partial charge is 0.184 e. The Morgan fingerprint density at radius 2 is 2.17 bits per heavy atom. The number of aromatic amines is 1. The van der Waals surface area contributed by atoms with Gasteiger partial charge in [-0.2, -0.15) is 0 Å². The molecule has 0 saturated heterocycles. The van der Waals surface area contributed by atoms with Crippen LogP contribution in [-0.4, -0.2) is 29.2 Å². The summed E-state index contributed by atoms with van der Waals surface area (Å²) in [6, 6.07) is 7.34. The number of fused-ring (bicyclic) bond motifs is 1. The number of aromatic nitrogens is 1. The Hall–Kier alpha value is -2.56.